The number of nitrogens with zero attached hydrogens (tertiary/aromatic N) is 3. The molecule has 0 saturated heterocycles. The van der Waals surface area contributed by atoms with Crippen molar-refractivity contribution < 1.29 is 4.79 Å². The summed E-state index contributed by atoms with van der Waals surface area (Å²) < 4.78 is 0. The minimum absolute atomic E-state index is 0.163. The van der Waals surface area contributed by atoms with E-state index in [4.69, 9.17) is 5.26 Å². The van der Waals surface area contributed by atoms with E-state index in [9.17, 15) is 4.79 Å². The number of carbonyl (C=O) groups is 1. The van der Waals surface area contributed by atoms with E-state index in [0.717, 1.165) is 0 Å². The van der Waals surface area contributed by atoms with Gasteiger partial charge in [0.15, 0.2) is 5.13 Å². The van der Waals surface area contributed by atoms with Crippen LogP contribution in [0.15, 0.2) is 34.9 Å². The largest absolute Gasteiger partial charge is 0.301 e. The minimum Gasteiger partial charge on any atom is -0.301 e. The molecule has 0 fully saturated rings. The van der Waals surface area contributed by atoms with E-state index in [2.05, 4.69) is 15.3 Å². The molecule has 1 N–H and O–H groups in total. The Bertz CT molecular complexity index is 577. The van der Waals surface area contributed by atoms with E-state index < -0.39 is 0 Å². The molecule has 2 aromatic heterocycles. The van der Waals surface area contributed by atoms with Crippen LogP contribution in [0.3, 0.4) is 0 Å². The molecule has 7 heteroatoms. The Balaban J connectivity index is 1.92. The Kier molecular flexibility index (Phi) is 4.28. The van der Waals surface area contributed by atoms with Gasteiger partial charge in [0.2, 0.25) is 5.91 Å². The van der Waals surface area contributed by atoms with Gasteiger partial charge in [-0.25, -0.2) is 9.97 Å². The highest BCUT2D eigenvalue weighted by Crippen LogP contribution is 2.19. The van der Waals surface area contributed by atoms with E-state index in [1.807, 2.05) is 6.07 Å². The standard InChI is InChI=1S/C11H8N4OS2/c12-6-8-2-1-3-13-10(8)18-7-9(16)15-11-14-4-5-17-11/h1-5H,7H2,(H,14,15,16). The first-order valence-corrected chi connectivity index (χ1v) is 6.83. The molecule has 0 aliphatic carbocycles. The summed E-state index contributed by atoms with van der Waals surface area (Å²) in [5, 5.41) is 14.5. The van der Waals surface area contributed by atoms with E-state index in [1.165, 1.54) is 23.1 Å². The number of carbonyl (C=O) groups excluding carboxylic acids is 1. The normalized spacial score (nSPS) is 9.72. The number of aromatic nitrogens is 2. The highest BCUT2D eigenvalue weighted by Gasteiger charge is 2.08. The highest BCUT2D eigenvalue weighted by molar-refractivity contribution is 8.00. The second kappa shape index (κ2) is 6.14. The van der Waals surface area contributed by atoms with Gasteiger partial charge in [-0.1, -0.05) is 11.8 Å². The van der Waals surface area contributed by atoms with Gasteiger partial charge in [0.05, 0.1) is 11.3 Å². The molecule has 5 nitrogen and oxygen atoms in total. The van der Waals surface area contributed by atoms with Crippen molar-refractivity contribution in [2.75, 3.05) is 11.1 Å². The third-order valence-electron chi connectivity index (χ3n) is 1.91. The number of rotatable bonds is 4. The van der Waals surface area contributed by atoms with Gasteiger partial charge in [-0.2, -0.15) is 5.26 Å². The van der Waals surface area contributed by atoms with Crippen LogP contribution in [-0.4, -0.2) is 21.6 Å². The van der Waals surface area contributed by atoms with Crippen LogP contribution < -0.4 is 5.32 Å². The van der Waals surface area contributed by atoms with Crippen molar-refractivity contribution in [3.05, 3.63) is 35.5 Å². The molecule has 0 bridgehead atoms. The van der Waals surface area contributed by atoms with Gasteiger partial charge in [0.25, 0.3) is 0 Å². The summed E-state index contributed by atoms with van der Waals surface area (Å²) in [6.07, 6.45) is 3.22. The fourth-order valence-corrected chi connectivity index (χ4v) is 2.46. The number of hydrogen-bond acceptors (Lipinski definition) is 6. The first-order valence-electron chi connectivity index (χ1n) is 4.97. The molecule has 0 unspecified atom stereocenters. The second-order valence-corrected chi connectivity index (χ2v) is 5.00. The van der Waals surface area contributed by atoms with Crippen LogP contribution >= 0.6 is 23.1 Å². The van der Waals surface area contributed by atoms with Crippen LogP contribution in [0.4, 0.5) is 5.13 Å². The van der Waals surface area contributed by atoms with Crippen LogP contribution in [0, 0.1) is 11.3 Å². The van der Waals surface area contributed by atoms with Crippen molar-refractivity contribution in [2.24, 2.45) is 0 Å². The van der Waals surface area contributed by atoms with E-state index in [1.54, 1.807) is 29.9 Å². The monoisotopic (exact) mass is 276 g/mol. The molecule has 0 atom stereocenters. The maximum atomic E-state index is 11.6. The summed E-state index contributed by atoms with van der Waals surface area (Å²) in [7, 11) is 0. The lowest BCUT2D eigenvalue weighted by Gasteiger charge is -2.02. The zero-order valence-electron chi connectivity index (χ0n) is 9.16. The van der Waals surface area contributed by atoms with Crippen LogP contribution in [0.25, 0.3) is 0 Å². The number of thiazole rings is 1. The predicted octanol–water partition coefficient (Wildman–Crippen LogP) is 2.14. The number of pyridine rings is 1. The average molecular weight is 276 g/mol. The number of hydrogen-bond donors (Lipinski definition) is 1. The summed E-state index contributed by atoms with van der Waals surface area (Å²) in [6, 6.07) is 5.41. The molecule has 18 heavy (non-hydrogen) atoms. The Morgan fingerprint density at radius 3 is 3.11 bits per heavy atom. The molecule has 0 saturated carbocycles. The van der Waals surface area contributed by atoms with Crippen molar-refractivity contribution in [1.29, 1.82) is 5.26 Å². The molecular weight excluding hydrogens is 268 g/mol. The van der Waals surface area contributed by atoms with Crippen LogP contribution in [0.2, 0.25) is 0 Å². The quantitative estimate of drug-likeness (QED) is 0.865. The molecule has 2 heterocycles. The maximum absolute atomic E-state index is 11.6. The Morgan fingerprint density at radius 1 is 1.50 bits per heavy atom. The van der Waals surface area contributed by atoms with Gasteiger partial charge in [-0.3, -0.25) is 4.79 Å². The molecule has 90 valence electrons. The summed E-state index contributed by atoms with van der Waals surface area (Å²) >= 11 is 2.59. The number of amides is 1. The Morgan fingerprint density at radius 2 is 2.39 bits per heavy atom. The SMILES string of the molecule is N#Cc1cccnc1SCC(=O)Nc1nccs1. The minimum atomic E-state index is -0.163. The smallest absolute Gasteiger partial charge is 0.236 e. The lowest BCUT2D eigenvalue weighted by atomic mass is 10.3. The van der Waals surface area contributed by atoms with Gasteiger partial charge in [0, 0.05) is 17.8 Å². The first kappa shape index (κ1) is 12.5. The molecule has 0 radical (unpaired) electrons. The van der Waals surface area contributed by atoms with E-state index in [-0.39, 0.29) is 11.7 Å². The van der Waals surface area contributed by atoms with Crippen LogP contribution in [0.1, 0.15) is 5.56 Å². The maximum Gasteiger partial charge on any atom is 0.236 e. The molecule has 0 aliphatic heterocycles. The molecule has 1 amide bonds. The van der Waals surface area contributed by atoms with Crippen molar-refractivity contribution in [3.8, 4) is 6.07 Å². The lowest BCUT2D eigenvalue weighted by molar-refractivity contribution is -0.113. The third-order valence-corrected chi connectivity index (χ3v) is 3.60. The van der Waals surface area contributed by atoms with E-state index in [0.29, 0.717) is 15.7 Å². The van der Waals surface area contributed by atoms with Gasteiger partial charge < -0.3 is 5.32 Å². The number of nitriles is 1. The van der Waals surface area contributed by atoms with Gasteiger partial charge >= 0.3 is 0 Å². The average Bonchev–Trinajstić information content (AvgIpc) is 2.89. The fourth-order valence-electron chi connectivity index (χ4n) is 1.17. The summed E-state index contributed by atoms with van der Waals surface area (Å²) in [5.41, 5.74) is 0.476. The molecule has 2 aromatic rings. The molecule has 2 rings (SSSR count). The molecular formula is C11H8N4OS2. The van der Waals surface area contributed by atoms with E-state index >= 15 is 0 Å². The molecule has 0 aliphatic rings. The summed E-state index contributed by atoms with van der Waals surface area (Å²) in [4.78, 5) is 19.6. The zero-order chi connectivity index (χ0) is 12.8. The molecule has 0 spiro atoms. The highest BCUT2D eigenvalue weighted by atomic mass is 32.2. The zero-order valence-corrected chi connectivity index (χ0v) is 10.8. The van der Waals surface area contributed by atoms with Crippen molar-refractivity contribution in [1.82, 2.24) is 9.97 Å². The van der Waals surface area contributed by atoms with Crippen molar-refractivity contribution >= 4 is 34.1 Å². The van der Waals surface area contributed by atoms with Crippen molar-refractivity contribution in [2.45, 2.75) is 5.03 Å². The predicted molar refractivity (Wildman–Crippen MR) is 70.4 cm³/mol. The first-order chi connectivity index (χ1) is 8.79. The van der Waals surface area contributed by atoms with Crippen molar-refractivity contribution in [3.63, 3.8) is 0 Å². The van der Waals surface area contributed by atoms with Gasteiger partial charge in [0.1, 0.15) is 11.1 Å². The summed E-state index contributed by atoms with van der Waals surface area (Å²) in [6.45, 7) is 0. The Labute approximate surface area is 112 Å². The third kappa shape index (κ3) is 3.29. The number of thioether (sulfide) groups is 1. The number of anilines is 1. The lowest BCUT2D eigenvalue weighted by Crippen LogP contribution is -2.13. The van der Waals surface area contributed by atoms with Crippen LogP contribution in [-0.2, 0) is 4.79 Å². The second-order valence-electron chi connectivity index (χ2n) is 3.14. The Hall–Kier alpha value is -1.91. The molecule has 0 aromatic carbocycles. The fraction of sp³-hybridized carbons (Fsp3) is 0.0909. The van der Waals surface area contributed by atoms with Gasteiger partial charge in [-0.05, 0) is 12.1 Å². The van der Waals surface area contributed by atoms with Gasteiger partial charge in [-0.15, -0.1) is 11.3 Å². The number of nitrogens with one attached hydrogen (secondary N) is 1. The summed E-state index contributed by atoms with van der Waals surface area (Å²) in [5.74, 6) is 0.0372. The van der Waals surface area contributed by atoms with Crippen LogP contribution in [0.5, 0.6) is 0 Å². The topological polar surface area (TPSA) is 78.7 Å².